The van der Waals surface area contributed by atoms with E-state index in [4.69, 9.17) is 0 Å². The van der Waals surface area contributed by atoms with Crippen LogP contribution in [0.4, 0.5) is 0 Å². The van der Waals surface area contributed by atoms with E-state index >= 15 is 0 Å². The summed E-state index contributed by atoms with van der Waals surface area (Å²) in [6, 6.07) is 0. The molecule has 0 nitrogen and oxygen atoms in total. The van der Waals surface area contributed by atoms with Gasteiger partial charge in [-0.05, 0) is 36.8 Å². The van der Waals surface area contributed by atoms with Crippen LogP contribution in [0.2, 0.25) is 12.1 Å². The third-order valence-corrected chi connectivity index (χ3v) is 3.89. The molecule has 12 heavy (non-hydrogen) atoms. The molecule has 0 bridgehead atoms. The van der Waals surface area contributed by atoms with Crippen LogP contribution in [0.25, 0.3) is 0 Å². The van der Waals surface area contributed by atoms with E-state index in [-0.39, 0.29) is 18.9 Å². The van der Waals surface area contributed by atoms with Gasteiger partial charge in [-0.15, -0.1) is 0 Å². The normalized spacial score (nSPS) is 26.9. The van der Waals surface area contributed by atoms with Crippen molar-refractivity contribution in [2.45, 2.75) is 37.8 Å². The zero-order valence-electron chi connectivity index (χ0n) is 8.06. The molecule has 1 unspecified atom stereocenters. The number of hydrogen-bond donors (Lipinski definition) is 0. The van der Waals surface area contributed by atoms with Gasteiger partial charge in [-0.3, -0.25) is 0 Å². The van der Waals surface area contributed by atoms with Crippen LogP contribution in [0.1, 0.15) is 25.7 Å². The molecule has 0 aromatic heterocycles. The Morgan fingerprint density at radius 3 is 2.83 bits per heavy atom. The van der Waals surface area contributed by atoms with Crippen molar-refractivity contribution in [1.29, 1.82) is 0 Å². The summed E-state index contributed by atoms with van der Waals surface area (Å²) >= 11 is 0. The van der Waals surface area contributed by atoms with Crippen LogP contribution in [0.3, 0.4) is 0 Å². The molecule has 0 aromatic carbocycles. The smallest absolute Gasteiger partial charge is 0.0803 e. The Bertz CT molecular complexity index is 218. The average Bonchev–Trinajstić information content (AvgIpc) is 2.47. The monoisotopic (exact) mass is 169 g/mol. The first-order chi connectivity index (χ1) is 5.42. The van der Waals surface area contributed by atoms with Crippen molar-refractivity contribution in [2.75, 3.05) is 0 Å². The van der Waals surface area contributed by atoms with Gasteiger partial charge >= 0.3 is 18.9 Å². The van der Waals surface area contributed by atoms with Crippen LogP contribution >= 0.6 is 0 Å². The molecule has 2 aliphatic carbocycles. The van der Waals surface area contributed by atoms with E-state index in [1.54, 1.807) is 11.1 Å². The molecular formula is C10H14LiSi+. The van der Waals surface area contributed by atoms with Gasteiger partial charge in [-0.2, -0.15) is 0 Å². The minimum atomic E-state index is 0. The summed E-state index contributed by atoms with van der Waals surface area (Å²) in [5.74, 6) is 0. The van der Waals surface area contributed by atoms with E-state index in [0.717, 1.165) is 15.1 Å². The quantitative estimate of drug-likeness (QED) is 0.484. The van der Waals surface area contributed by atoms with Crippen LogP contribution in [-0.2, 0) is 0 Å². The Kier molecular flexibility index (Phi) is 3.90. The van der Waals surface area contributed by atoms with Gasteiger partial charge in [0, 0.05) is 9.52 Å². The van der Waals surface area contributed by atoms with Crippen LogP contribution < -0.4 is 18.9 Å². The van der Waals surface area contributed by atoms with E-state index < -0.39 is 0 Å². The molecule has 0 aliphatic heterocycles. The van der Waals surface area contributed by atoms with Crippen molar-refractivity contribution in [3.8, 4) is 0 Å². The van der Waals surface area contributed by atoms with Gasteiger partial charge in [0.25, 0.3) is 0 Å². The fourth-order valence-electron chi connectivity index (χ4n) is 2.10. The van der Waals surface area contributed by atoms with Gasteiger partial charge in [0.05, 0.1) is 0 Å². The summed E-state index contributed by atoms with van der Waals surface area (Å²) in [6.45, 7) is 2.32. The molecule has 0 heterocycles. The maximum atomic E-state index is 2.41. The molecule has 0 N–H and O–H groups in total. The predicted octanol–water partition coefficient (Wildman–Crippen LogP) is -0.0284. The predicted molar refractivity (Wildman–Crippen MR) is 50.0 cm³/mol. The van der Waals surface area contributed by atoms with Gasteiger partial charge in [0.2, 0.25) is 0 Å². The number of hydrogen-bond acceptors (Lipinski definition) is 0. The minimum Gasteiger partial charge on any atom is -0.0803 e. The standard InChI is InChI=1S/C10H14Si.Li/c1-11-10-7-6-8-4-2-3-5-9(8)10;/h6-7,10H,2-5H2,1H3;/q;+1. The maximum absolute atomic E-state index is 2.41. The molecule has 0 aromatic rings. The Labute approximate surface area is 89.5 Å². The second-order valence-electron chi connectivity index (χ2n) is 3.38. The summed E-state index contributed by atoms with van der Waals surface area (Å²) in [7, 11) is 1.08. The molecule has 0 amide bonds. The van der Waals surface area contributed by atoms with Crippen LogP contribution in [0.5, 0.6) is 0 Å². The van der Waals surface area contributed by atoms with Gasteiger partial charge in [0.1, 0.15) is 0 Å². The van der Waals surface area contributed by atoms with Crippen LogP contribution in [-0.4, -0.2) is 9.52 Å². The number of rotatable bonds is 1. The molecule has 1 atom stereocenters. The Hall–Kier alpha value is 0.294. The second-order valence-corrected chi connectivity index (χ2v) is 4.58. The largest absolute Gasteiger partial charge is 1.00 e. The summed E-state index contributed by atoms with van der Waals surface area (Å²) < 4.78 is 0. The van der Waals surface area contributed by atoms with Crippen molar-refractivity contribution in [3.63, 3.8) is 0 Å². The maximum Gasteiger partial charge on any atom is 1.00 e. The molecule has 2 radical (unpaired) electrons. The molecular weight excluding hydrogens is 155 g/mol. The minimum absolute atomic E-state index is 0. The van der Waals surface area contributed by atoms with Crippen molar-refractivity contribution in [2.24, 2.45) is 0 Å². The Morgan fingerprint density at radius 1 is 1.33 bits per heavy atom. The molecule has 2 rings (SSSR count). The molecule has 0 saturated carbocycles. The first-order valence-electron chi connectivity index (χ1n) is 4.49. The van der Waals surface area contributed by atoms with Crippen molar-refractivity contribution < 1.29 is 18.9 Å². The van der Waals surface area contributed by atoms with Crippen LogP contribution in [0.15, 0.2) is 23.3 Å². The van der Waals surface area contributed by atoms with Gasteiger partial charge in [0.15, 0.2) is 0 Å². The van der Waals surface area contributed by atoms with Crippen molar-refractivity contribution in [3.05, 3.63) is 23.3 Å². The van der Waals surface area contributed by atoms with Crippen molar-refractivity contribution >= 4 is 9.52 Å². The van der Waals surface area contributed by atoms with Gasteiger partial charge < -0.3 is 0 Å². The summed E-state index contributed by atoms with van der Waals surface area (Å²) in [5.41, 5.74) is 4.29. The zero-order chi connectivity index (χ0) is 7.68. The van der Waals surface area contributed by atoms with Gasteiger partial charge in [-0.25, -0.2) is 0 Å². The average molecular weight is 169 g/mol. The van der Waals surface area contributed by atoms with Crippen molar-refractivity contribution in [1.82, 2.24) is 0 Å². The first kappa shape index (κ1) is 10.4. The second kappa shape index (κ2) is 4.51. The SMILES string of the molecule is C[Si]C1C=CC2=C1CCCC2.[Li+]. The molecule has 0 fully saturated rings. The topological polar surface area (TPSA) is 0 Å². The number of allylic oxidation sites excluding steroid dienone is 4. The van der Waals surface area contributed by atoms with E-state index in [1.165, 1.54) is 25.7 Å². The zero-order valence-corrected chi connectivity index (χ0v) is 9.06. The molecule has 2 aliphatic rings. The van der Waals surface area contributed by atoms with Crippen LogP contribution in [0, 0.1) is 0 Å². The first-order valence-corrected chi connectivity index (χ1v) is 6.07. The Balaban J connectivity index is 0.000000720. The third-order valence-electron chi connectivity index (χ3n) is 2.73. The fraction of sp³-hybridized carbons (Fsp3) is 0.600. The molecule has 2 heteroatoms. The van der Waals surface area contributed by atoms with E-state index in [9.17, 15) is 0 Å². The van der Waals surface area contributed by atoms with Gasteiger partial charge in [-0.1, -0.05) is 24.3 Å². The van der Waals surface area contributed by atoms with E-state index in [1.807, 2.05) is 0 Å². The fourth-order valence-corrected chi connectivity index (χ4v) is 3.06. The van der Waals surface area contributed by atoms with E-state index in [0.29, 0.717) is 0 Å². The summed E-state index contributed by atoms with van der Waals surface area (Å²) in [5, 5.41) is 0. The summed E-state index contributed by atoms with van der Waals surface area (Å²) in [4.78, 5) is 0. The molecule has 58 valence electrons. The van der Waals surface area contributed by atoms with E-state index in [2.05, 4.69) is 18.7 Å². The molecule has 0 spiro atoms. The summed E-state index contributed by atoms with van der Waals surface area (Å²) in [6.07, 6.45) is 10.4. The Morgan fingerprint density at radius 2 is 2.08 bits per heavy atom. The molecule has 0 saturated heterocycles. The third kappa shape index (κ3) is 1.79.